The number of methoxy groups -OCH3 is 1. The fourth-order valence-electron chi connectivity index (χ4n) is 2.47. The Balaban J connectivity index is 2.44. The lowest BCUT2D eigenvalue weighted by molar-refractivity contribution is 0.199. The largest absolute Gasteiger partial charge is 0.384 e. The number of imidazole rings is 1. The number of benzene rings is 1. The topological polar surface area (TPSA) is 55.2 Å². The van der Waals surface area contributed by atoms with Gasteiger partial charge in [-0.2, -0.15) is 5.26 Å². The maximum Gasteiger partial charge on any atom is 0.189 e. The van der Waals surface area contributed by atoms with Crippen LogP contribution in [-0.2, 0) is 24.1 Å². The first-order chi connectivity index (χ1) is 11.7. The minimum absolute atomic E-state index is 0.483. The van der Waals surface area contributed by atoms with Crippen molar-refractivity contribution in [3.8, 4) is 6.07 Å². The number of aromatic nitrogens is 2. The molecule has 1 heterocycles. The van der Waals surface area contributed by atoms with E-state index in [1.807, 2.05) is 12.1 Å². The summed E-state index contributed by atoms with van der Waals surface area (Å²) < 4.78 is 7.37. The van der Waals surface area contributed by atoms with Gasteiger partial charge in [0.2, 0.25) is 0 Å². The van der Waals surface area contributed by atoms with Crippen molar-refractivity contribution >= 4 is 17.4 Å². The van der Waals surface area contributed by atoms with Gasteiger partial charge in [0.1, 0.15) is 10.9 Å². The van der Waals surface area contributed by atoms with Crippen LogP contribution in [0.2, 0.25) is 0 Å². The number of ether oxygens (including phenoxy) is 1. The number of nitrogens with zero attached hydrogens (tertiary/aromatic N) is 4. The van der Waals surface area contributed by atoms with E-state index in [-0.39, 0.29) is 0 Å². The van der Waals surface area contributed by atoms with Crippen molar-refractivity contribution in [3.63, 3.8) is 0 Å². The summed E-state index contributed by atoms with van der Waals surface area (Å²) in [5, 5.41) is 10.2. The molecule has 1 aromatic carbocycles. The summed E-state index contributed by atoms with van der Waals surface area (Å²) in [4.78, 5) is 9.11. The van der Waals surface area contributed by atoms with Crippen molar-refractivity contribution in [2.75, 3.05) is 13.7 Å². The van der Waals surface area contributed by atoms with Crippen molar-refractivity contribution in [3.05, 3.63) is 46.7 Å². The Morgan fingerprint density at radius 1 is 1.38 bits per heavy atom. The van der Waals surface area contributed by atoms with E-state index in [4.69, 9.17) is 21.6 Å². The minimum atomic E-state index is 0.483. The third-order valence-corrected chi connectivity index (χ3v) is 4.73. The van der Waals surface area contributed by atoms with Crippen LogP contribution < -0.4 is 0 Å². The van der Waals surface area contributed by atoms with Gasteiger partial charge in [0.15, 0.2) is 5.69 Å². The average Bonchev–Trinajstić information content (AvgIpc) is 2.95. The number of nitriles is 1. The molecule has 0 aliphatic heterocycles. The SMILES string of the molecule is [C-]#[N+]c1cc(C#N)cc(Sc2c(CC)nc(CCOC)n2CC)c1. The van der Waals surface area contributed by atoms with Crippen LogP contribution in [0.25, 0.3) is 4.85 Å². The minimum Gasteiger partial charge on any atom is -0.384 e. The lowest BCUT2D eigenvalue weighted by Gasteiger charge is -2.10. The molecule has 5 nitrogen and oxygen atoms in total. The van der Waals surface area contributed by atoms with E-state index >= 15 is 0 Å². The van der Waals surface area contributed by atoms with Crippen molar-refractivity contribution in [1.29, 1.82) is 5.26 Å². The molecule has 0 bridgehead atoms. The molecule has 0 N–H and O–H groups in total. The van der Waals surface area contributed by atoms with Crippen LogP contribution in [0.15, 0.2) is 28.1 Å². The number of hydrogen-bond donors (Lipinski definition) is 0. The molecule has 0 amide bonds. The van der Waals surface area contributed by atoms with Gasteiger partial charge in [-0.25, -0.2) is 9.83 Å². The summed E-state index contributed by atoms with van der Waals surface area (Å²) in [6.07, 6.45) is 1.60. The molecule has 1 aromatic heterocycles. The second-order valence-corrected chi connectivity index (χ2v) is 6.22. The first-order valence-electron chi connectivity index (χ1n) is 7.84. The van der Waals surface area contributed by atoms with E-state index in [0.717, 1.165) is 40.8 Å². The van der Waals surface area contributed by atoms with Gasteiger partial charge in [-0.3, -0.25) is 0 Å². The van der Waals surface area contributed by atoms with E-state index in [9.17, 15) is 0 Å². The average molecular weight is 340 g/mol. The summed E-state index contributed by atoms with van der Waals surface area (Å²) in [6.45, 7) is 12.8. The molecule has 0 aliphatic carbocycles. The number of hydrogen-bond acceptors (Lipinski definition) is 4. The lowest BCUT2D eigenvalue weighted by atomic mass is 10.2. The molecule has 0 saturated heterocycles. The van der Waals surface area contributed by atoms with Crippen LogP contribution in [0.5, 0.6) is 0 Å². The van der Waals surface area contributed by atoms with Gasteiger partial charge in [0.05, 0.1) is 24.9 Å². The van der Waals surface area contributed by atoms with Gasteiger partial charge in [-0.1, -0.05) is 18.7 Å². The Hall–Kier alpha value is -2.28. The molecule has 0 fully saturated rings. The second kappa shape index (κ2) is 8.54. The fraction of sp³-hybridized carbons (Fsp3) is 0.389. The van der Waals surface area contributed by atoms with Gasteiger partial charge in [-0.05, 0) is 31.5 Å². The highest BCUT2D eigenvalue weighted by Crippen LogP contribution is 2.34. The van der Waals surface area contributed by atoms with Crippen LogP contribution in [0, 0.1) is 17.9 Å². The van der Waals surface area contributed by atoms with E-state index in [1.54, 1.807) is 24.9 Å². The van der Waals surface area contributed by atoms with Crippen LogP contribution >= 0.6 is 11.8 Å². The van der Waals surface area contributed by atoms with Crippen LogP contribution in [0.1, 0.15) is 30.9 Å². The normalized spacial score (nSPS) is 10.4. The number of rotatable bonds is 7. The molecule has 0 saturated carbocycles. The first kappa shape index (κ1) is 18.1. The summed E-state index contributed by atoms with van der Waals surface area (Å²) in [5.74, 6) is 1.01. The van der Waals surface area contributed by atoms with Gasteiger partial charge < -0.3 is 9.30 Å². The van der Waals surface area contributed by atoms with Crippen molar-refractivity contribution in [2.24, 2.45) is 0 Å². The molecule has 24 heavy (non-hydrogen) atoms. The monoisotopic (exact) mass is 340 g/mol. The standard InChI is InChI=1S/C18H20N4OS/c1-5-16-18(22(6-2)17(21-16)7-8-23-4)24-15-10-13(12-19)9-14(11-15)20-3/h9-11H,5-8H2,1-2,4H3. The molecular formula is C18H20N4OS. The molecule has 0 spiro atoms. The third kappa shape index (κ3) is 3.97. The molecule has 2 rings (SSSR count). The Morgan fingerprint density at radius 2 is 2.17 bits per heavy atom. The Morgan fingerprint density at radius 3 is 2.75 bits per heavy atom. The first-order valence-corrected chi connectivity index (χ1v) is 8.66. The summed E-state index contributed by atoms with van der Waals surface area (Å²) in [6, 6.07) is 7.37. The zero-order chi connectivity index (χ0) is 17.5. The van der Waals surface area contributed by atoms with Crippen molar-refractivity contribution in [1.82, 2.24) is 9.55 Å². The summed E-state index contributed by atoms with van der Waals surface area (Å²) in [7, 11) is 1.69. The molecular weight excluding hydrogens is 320 g/mol. The molecule has 0 unspecified atom stereocenters. The third-order valence-electron chi connectivity index (χ3n) is 3.61. The molecule has 6 heteroatoms. The summed E-state index contributed by atoms with van der Waals surface area (Å²) in [5.41, 5.74) is 2.03. The van der Waals surface area contributed by atoms with E-state index in [2.05, 4.69) is 29.3 Å². The predicted octanol–water partition coefficient (Wildman–Crippen LogP) is 4.23. The molecule has 0 atom stereocenters. The van der Waals surface area contributed by atoms with Crippen LogP contribution in [-0.4, -0.2) is 23.3 Å². The predicted molar refractivity (Wildman–Crippen MR) is 94.4 cm³/mol. The Bertz CT molecular complexity index is 766. The smallest absolute Gasteiger partial charge is 0.189 e. The van der Waals surface area contributed by atoms with Crippen LogP contribution in [0.4, 0.5) is 5.69 Å². The van der Waals surface area contributed by atoms with E-state index in [0.29, 0.717) is 17.9 Å². The maximum absolute atomic E-state index is 9.16. The van der Waals surface area contributed by atoms with Gasteiger partial charge in [0.25, 0.3) is 0 Å². The Labute approximate surface area is 147 Å². The molecule has 2 aromatic rings. The van der Waals surface area contributed by atoms with Crippen molar-refractivity contribution < 1.29 is 4.74 Å². The van der Waals surface area contributed by atoms with Crippen molar-refractivity contribution in [2.45, 2.75) is 43.2 Å². The van der Waals surface area contributed by atoms with Gasteiger partial charge in [0, 0.05) is 30.5 Å². The lowest BCUT2D eigenvalue weighted by Crippen LogP contribution is -2.06. The van der Waals surface area contributed by atoms with E-state index in [1.165, 1.54) is 0 Å². The zero-order valence-corrected chi connectivity index (χ0v) is 15.0. The second-order valence-electron chi connectivity index (χ2n) is 5.16. The molecule has 124 valence electrons. The maximum atomic E-state index is 9.16. The van der Waals surface area contributed by atoms with Gasteiger partial charge in [-0.15, -0.1) is 0 Å². The van der Waals surface area contributed by atoms with E-state index < -0.39 is 0 Å². The zero-order valence-electron chi connectivity index (χ0n) is 14.2. The highest BCUT2D eigenvalue weighted by atomic mass is 32.2. The number of aryl methyl sites for hydroxylation is 1. The molecule has 0 aliphatic rings. The highest BCUT2D eigenvalue weighted by molar-refractivity contribution is 7.99. The molecule has 0 radical (unpaired) electrons. The summed E-state index contributed by atoms with van der Waals surface area (Å²) >= 11 is 1.57. The quantitative estimate of drug-likeness (QED) is 0.708. The fourth-order valence-corrected chi connectivity index (χ4v) is 3.72. The van der Waals surface area contributed by atoms with Crippen LogP contribution in [0.3, 0.4) is 0 Å². The van der Waals surface area contributed by atoms with Gasteiger partial charge >= 0.3 is 0 Å². The highest BCUT2D eigenvalue weighted by Gasteiger charge is 2.16. The Kier molecular flexibility index (Phi) is 6.43.